The molecule has 1 fully saturated rings. The minimum atomic E-state index is -3.16. The third-order valence-electron chi connectivity index (χ3n) is 2.20. The normalized spacial score (nSPS) is 22.7. The number of nitrogens with zero attached hydrogens (tertiary/aromatic N) is 1. The summed E-state index contributed by atoms with van der Waals surface area (Å²) in [6.07, 6.45) is 1.75. The standard InChI is InChI=1S/C8H13ClN2O3S/c1-6(9)8(12)10-7-3-4-11(5-7)15(2,13)14/h7H,1,3-5H2,2H3,(H,10,12). The van der Waals surface area contributed by atoms with Crippen LogP contribution in [0.1, 0.15) is 6.42 Å². The topological polar surface area (TPSA) is 66.5 Å². The predicted molar refractivity (Wildman–Crippen MR) is 58.0 cm³/mol. The number of carbonyl (C=O) groups excluding carboxylic acids is 1. The van der Waals surface area contributed by atoms with Crippen molar-refractivity contribution in [2.24, 2.45) is 0 Å². The summed E-state index contributed by atoms with van der Waals surface area (Å²) < 4.78 is 23.7. The third kappa shape index (κ3) is 3.48. The van der Waals surface area contributed by atoms with Crippen LogP contribution in [0, 0.1) is 0 Å². The van der Waals surface area contributed by atoms with Crippen molar-refractivity contribution < 1.29 is 13.2 Å². The Bertz CT molecular complexity index is 379. The first kappa shape index (κ1) is 12.5. The molecule has 1 aliphatic heterocycles. The van der Waals surface area contributed by atoms with Crippen molar-refractivity contribution >= 4 is 27.5 Å². The summed E-state index contributed by atoms with van der Waals surface area (Å²) in [6, 6.07) is -0.178. The number of rotatable bonds is 3. The van der Waals surface area contributed by atoms with E-state index >= 15 is 0 Å². The van der Waals surface area contributed by atoms with Crippen LogP contribution in [0.25, 0.3) is 0 Å². The van der Waals surface area contributed by atoms with E-state index in [-0.39, 0.29) is 11.1 Å². The smallest absolute Gasteiger partial charge is 0.262 e. The van der Waals surface area contributed by atoms with Crippen LogP contribution in [-0.2, 0) is 14.8 Å². The lowest BCUT2D eigenvalue weighted by atomic mass is 10.2. The number of sulfonamides is 1. The SMILES string of the molecule is C=C(Cl)C(=O)NC1CCN(S(C)(=O)=O)C1. The number of carbonyl (C=O) groups is 1. The summed E-state index contributed by atoms with van der Waals surface area (Å²) in [5.74, 6) is -0.447. The molecule has 1 heterocycles. The third-order valence-corrected chi connectivity index (χ3v) is 3.64. The van der Waals surface area contributed by atoms with E-state index in [1.54, 1.807) is 0 Å². The molecule has 1 saturated heterocycles. The van der Waals surface area contributed by atoms with Gasteiger partial charge < -0.3 is 5.32 Å². The quantitative estimate of drug-likeness (QED) is 0.713. The molecule has 5 nitrogen and oxygen atoms in total. The van der Waals surface area contributed by atoms with Gasteiger partial charge in [0.05, 0.1) is 11.3 Å². The van der Waals surface area contributed by atoms with E-state index in [4.69, 9.17) is 11.6 Å². The molecule has 1 rings (SSSR count). The van der Waals surface area contributed by atoms with Crippen molar-refractivity contribution in [2.45, 2.75) is 12.5 Å². The maximum atomic E-state index is 11.2. The highest BCUT2D eigenvalue weighted by Gasteiger charge is 2.29. The zero-order chi connectivity index (χ0) is 11.6. The first-order chi connectivity index (χ1) is 6.80. The Morgan fingerprint density at radius 1 is 1.60 bits per heavy atom. The highest BCUT2D eigenvalue weighted by atomic mass is 35.5. The highest BCUT2D eigenvalue weighted by molar-refractivity contribution is 7.88. The number of hydrogen-bond donors (Lipinski definition) is 1. The molecule has 1 aliphatic rings. The van der Waals surface area contributed by atoms with Crippen LogP contribution >= 0.6 is 11.6 Å². The summed E-state index contributed by atoms with van der Waals surface area (Å²) in [5.41, 5.74) is 0. The number of nitrogens with one attached hydrogen (secondary N) is 1. The van der Waals surface area contributed by atoms with Crippen LogP contribution in [0.4, 0.5) is 0 Å². The Morgan fingerprint density at radius 3 is 2.60 bits per heavy atom. The molecule has 86 valence electrons. The Hall–Kier alpha value is -0.590. The molecule has 0 radical (unpaired) electrons. The summed E-state index contributed by atoms with van der Waals surface area (Å²) in [4.78, 5) is 11.1. The van der Waals surface area contributed by atoms with Gasteiger partial charge in [-0.3, -0.25) is 4.79 Å². The van der Waals surface area contributed by atoms with Gasteiger partial charge in [-0.25, -0.2) is 12.7 Å². The van der Waals surface area contributed by atoms with Gasteiger partial charge in [0.2, 0.25) is 10.0 Å². The molecule has 0 aromatic rings. The van der Waals surface area contributed by atoms with Gasteiger partial charge >= 0.3 is 0 Å². The molecule has 0 saturated carbocycles. The molecule has 15 heavy (non-hydrogen) atoms. The van der Waals surface area contributed by atoms with Crippen molar-refractivity contribution in [2.75, 3.05) is 19.3 Å². The van der Waals surface area contributed by atoms with E-state index in [1.807, 2.05) is 0 Å². The molecule has 1 unspecified atom stereocenters. The number of amides is 1. The van der Waals surface area contributed by atoms with Crippen LogP contribution in [0.15, 0.2) is 11.6 Å². The van der Waals surface area contributed by atoms with Gasteiger partial charge in [-0.1, -0.05) is 18.2 Å². The molecule has 1 N–H and O–H groups in total. The van der Waals surface area contributed by atoms with Crippen molar-refractivity contribution in [3.8, 4) is 0 Å². The zero-order valence-electron chi connectivity index (χ0n) is 8.36. The molecular weight excluding hydrogens is 240 g/mol. The minimum Gasteiger partial charge on any atom is -0.347 e. The average Bonchev–Trinajstić information content (AvgIpc) is 2.51. The zero-order valence-corrected chi connectivity index (χ0v) is 9.94. The first-order valence-electron chi connectivity index (χ1n) is 4.41. The van der Waals surface area contributed by atoms with Crippen molar-refractivity contribution in [3.63, 3.8) is 0 Å². The molecule has 0 aromatic heterocycles. The van der Waals surface area contributed by atoms with Gasteiger partial charge in [0.1, 0.15) is 0 Å². The summed E-state index contributed by atoms with van der Waals surface area (Å²) in [6.45, 7) is 4.02. The molecule has 0 spiro atoms. The summed E-state index contributed by atoms with van der Waals surface area (Å²) >= 11 is 5.39. The second-order valence-electron chi connectivity index (χ2n) is 3.48. The maximum absolute atomic E-state index is 11.2. The Morgan fingerprint density at radius 2 is 2.20 bits per heavy atom. The molecule has 0 aromatic carbocycles. The monoisotopic (exact) mass is 252 g/mol. The van der Waals surface area contributed by atoms with Crippen molar-refractivity contribution in [1.29, 1.82) is 0 Å². The lowest BCUT2D eigenvalue weighted by Crippen LogP contribution is -2.38. The first-order valence-corrected chi connectivity index (χ1v) is 6.63. The van der Waals surface area contributed by atoms with Gasteiger partial charge in [-0.05, 0) is 6.42 Å². The summed E-state index contributed by atoms with van der Waals surface area (Å²) in [7, 11) is -3.16. The molecule has 0 bridgehead atoms. The summed E-state index contributed by atoms with van der Waals surface area (Å²) in [5, 5.41) is 2.51. The Labute approximate surface area is 94.1 Å². The van der Waals surface area contributed by atoms with Gasteiger partial charge in [0.25, 0.3) is 5.91 Å². The van der Waals surface area contributed by atoms with Crippen LogP contribution < -0.4 is 5.32 Å². The molecular formula is C8H13ClN2O3S. The van der Waals surface area contributed by atoms with Crippen molar-refractivity contribution in [3.05, 3.63) is 11.6 Å². The average molecular weight is 253 g/mol. The Balaban J connectivity index is 2.51. The number of hydrogen-bond acceptors (Lipinski definition) is 3. The second kappa shape index (κ2) is 4.51. The lowest BCUT2D eigenvalue weighted by molar-refractivity contribution is -0.117. The highest BCUT2D eigenvalue weighted by Crippen LogP contribution is 2.13. The fraction of sp³-hybridized carbons (Fsp3) is 0.625. The fourth-order valence-electron chi connectivity index (χ4n) is 1.41. The van der Waals surface area contributed by atoms with E-state index in [0.717, 1.165) is 6.26 Å². The van der Waals surface area contributed by atoms with Crippen LogP contribution in [0.5, 0.6) is 0 Å². The van der Waals surface area contributed by atoms with Crippen molar-refractivity contribution in [1.82, 2.24) is 9.62 Å². The van der Waals surface area contributed by atoms with E-state index in [1.165, 1.54) is 4.31 Å². The maximum Gasteiger partial charge on any atom is 0.262 e. The van der Waals surface area contributed by atoms with Gasteiger partial charge in [-0.15, -0.1) is 0 Å². The predicted octanol–water partition coefficient (Wildman–Crippen LogP) is -0.111. The molecule has 1 atom stereocenters. The van der Waals surface area contributed by atoms with E-state index < -0.39 is 15.9 Å². The molecule has 1 amide bonds. The van der Waals surface area contributed by atoms with Crippen LogP contribution in [-0.4, -0.2) is 44.0 Å². The fourth-order valence-corrected chi connectivity index (χ4v) is 2.35. The molecule has 7 heteroatoms. The van der Waals surface area contributed by atoms with Crippen LogP contribution in [0.3, 0.4) is 0 Å². The number of halogens is 1. The van der Waals surface area contributed by atoms with E-state index in [9.17, 15) is 13.2 Å². The van der Waals surface area contributed by atoms with Gasteiger partial charge in [0.15, 0.2) is 0 Å². The van der Waals surface area contributed by atoms with E-state index in [2.05, 4.69) is 11.9 Å². The van der Waals surface area contributed by atoms with Gasteiger partial charge in [-0.2, -0.15) is 0 Å². The van der Waals surface area contributed by atoms with Gasteiger partial charge in [0, 0.05) is 19.1 Å². The Kier molecular flexibility index (Phi) is 3.75. The van der Waals surface area contributed by atoms with E-state index in [0.29, 0.717) is 19.5 Å². The second-order valence-corrected chi connectivity index (χ2v) is 5.92. The molecule has 0 aliphatic carbocycles. The minimum absolute atomic E-state index is 0.0900. The lowest BCUT2D eigenvalue weighted by Gasteiger charge is -2.14. The largest absolute Gasteiger partial charge is 0.347 e. The van der Waals surface area contributed by atoms with Crippen LogP contribution in [0.2, 0.25) is 0 Å².